The molecule has 1 aromatic rings. The van der Waals surface area contributed by atoms with Gasteiger partial charge in [0.1, 0.15) is 0 Å². The lowest BCUT2D eigenvalue weighted by molar-refractivity contribution is -0.120. The zero-order valence-electron chi connectivity index (χ0n) is 8.72. The summed E-state index contributed by atoms with van der Waals surface area (Å²) in [6.45, 7) is 0.710. The van der Waals surface area contributed by atoms with Crippen LogP contribution in [-0.4, -0.2) is 19.5 Å². The van der Waals surface area contributed by atoms with E-state index in [4.69, 9.17) is 23.2 Å². The fraction of sp³-hybridized carbons (Fsp3) is 0.300. The predicted molar refractivity (Wildman–Crippen MR) is 69.5 cm³/mol. The van der Waals surface area contributed by atoms with Crippen molar-refractivity contribution in [2.24, 2.45) is 0 Å². The molecule has 0 aliphatic carbocycles. The van der Waals surface area contributed by atoms with E-state index in [0.29, 0.717) is 23.1 Å². The predicted octanol–water partition coefficient (Wildman–Crippen LogP) is 2.25. The second kappa shape index (κ2) is 7.74. The van der Waals surface area contributed by atoms with Crippen LogP contribution in [0.25, 0.3) is 0 Å². The van der Waals surface area contributed by atoms with Gasteiger partial charge >= 0.3 is 0 Å². The van der Waals surface area contributed by atoms with Gasteiger partial charge in [0.2, 0.25) is 5.91 Å². The van der Waals surface area contributed by atoms with E-state index >= 15 is 0 Å². The van der Waals surface area contributed by atoms with E-state index in [1.165, 1.54) is 0 Å². The van der Waals surface area contributed by atoms with Crippen molar-refractivity contribution in [3.05, 3.63) is 33.8 Å². The Morgan fingerprint density at radius 1 is 1.38 bits per heavy atom. The molecule has 1 rings (SSSR count). The molecule has 1 aromatic carbocycles. The summed E-state index contributed by atoms with van der Waals surface area (Å²) in [4.78, 5) is 11.2. The van der Waals surface area contributed by atoms with Crippen molar-refractivity contribution in [2.45, 2.75) is 6.54 Å². The number of halogens is 3. The van der Waals surface area contributed by atoms with E-state index < -0.39 is 0 Å². The Bertz CT molecular complexity index is 358. The van der Waals surface area contributed by atoms with Crippen LogP contribution in [0.3, 0.4) is 0 Å². The van der Waals surface area contributed by atoms with Crippen LogP contribution in [0.2, 0.25) is 10.0 Å². The summed E-state index contributed by atoms with van der Waals surface area (Å²) in [6, 6.07) is 5.19. The highest BCUT2D eigenvalue weighted by molar-refractivity contribution is 6.35. The zero-order chi connectivity index (χ0) is 11.3. The van der Waals surface area contributed by atoms with Gasteiger partial charge in [-0.3, -0.25) is 4.79 Å². The standard InChI is InChI=1S/C10H12Cl2N2O.ClH/c1-13-6-10(15)14-5-7-2-3-8(11)4-9(7)12;/h2-4,13H,5-6H2,1H3,(H,14,15);1H. The highest BCUT2D eigenvalue weighted by Gasteiger charge is 2.03. The first kappa shape index (κ1) is 15.5. The lowest BCUT2D eigenvalue weighted by atomic mass is 10.2. The van der Waals surface area contributed by atoms with Crippen molar-refractivity contribution in [3.8, 4) is 0 Å². The first-order valence-electron chi connectivity index (χ1n) is 4.48. The number of hydrogen-bond acceptors (Lipinski definition) is 2. The Kier molecular flexibility index (Phi) is 7.51. The van der Waals surface area contributed by atoms with Gasteiger partial charge in [0.25, 0.3) is 0 Å². The lowest BCUT2D eigenvalue weighted by Crippen LogP contribution is -2.31. The van der Waals surface area contributed by atoms with Crippen LogP contribution in [0, 0.1) is 0 Å². The average Bonchev–Trinajstić information content (AvgIpc) is 2.17. The minimum atomic E-state index is -0.0662. The fourth-order valence-corrected chi connectivity index (χ4v) is 1.56. The van der Waals surface area contributed by atoms with Gasteiger partial charge in [0, 0.05) is 16.6 Å². The molecule has 0 unspecified atom stereocenters. The first-order valence-corrected chi connectivity index (χ1v) is 5.24. The lowest BCUT2D eigenvalue weighted by Gasteiger charge is -2.06. The van der Waals surface area contributed by atoms with E-state index in [0.717, 1.165) is 5.56 Å². The van der Waals surface area contributed by atoms with Crippen LogP contribution in [-0.2, 0) is 11.3 Å². The molecule has 2 N–H and O–H groups in total. The summed E-state index contributed by atoms with van der Waals surface area (Å²) in [6.07, 6.45) is 0. The minimum Gasteiger partial charge on any atom is -0.351 e. The van der Waals surface area contributed by atoms with Crippen LogP contribution in [0.1, 0.15) is 5.56 Å². The maximum Gasteiger partial charge on any atom is 0.234 e. The van der Waals surface area contributed by atoms with E-state index in [9.17, 15) is 4.79 Å². The molecule has 90 valence electrons. The third kappa shape index (κ3) is 5.03. The molecule has 0 atom stereocenters. The van der Waals surface area contributed by atoms with Crippen LogP contribution in [0.15, 0.2) is 18.2 Å². The molecular weight excluding hydrogens is 270 g/mol. The summed E-state index contributed by atoms with van der Waals surface area (Å²) >= 11 is 11.7. The molecule has 0 saturated heterocycles. The molecule has 0 aliphatic rings. The molecule has 0 heterocycles. The monoisotopic (exact) mass is 282 g/mol. The summed E-state index contributed by atoms with van der Waals surface area (Å²) in [5.41, 5.74) is 0.852. The van der Waals surface area contributed by atoms with E-state index in [1.54, 1.807) is 25.2 Å². The number of carbonyl (C=O) groups excluding carboxylic acids is 1. The van der Waals surface area contributed by atoms with Gasteiger partial charge in [-0.1, -0.05) is 29.3 Å². The SMILES string of the molecule is CNCC(=O)NCc1ccc(Cl)cc1Cl.Cl. The second-order valence-electron chi connectivity index (χ2n) is 3.04. The van der Waals surface area contributed by atoms with Crippen LogP contribution in [0.4, 0.5) is 0 Å². The third-order valence-corrected chi connectivity index (χ3v) is 2.42. The highest BCUT2D eigenvalue weighted by Crippen LogP contribution is 2.20. The van der Waals surface area contributed by atoms with Crippen molar-refractivity contribution in [1.82, 2.24) is 10.6 Å². The van der Waals surface area contributed by atoms with Crippen LogP contribution >= 0.6 is 35.6 Å². The number of hydrogen-bond donors (Lipinski definition) is 2. The molecular formula is C10H13Cl3N2O. The normalized spacial score (nSPS) is 9.44. The van der Waals surface area contributed by atoms with Crippen molar-refractivity contribution in [1.29, 1.82) is 0 Å². The number of benzene rings is 1. The average molecular weight is 284 g/mol. The summed E-state index contributed by atoms with van der Waals surface area (Å²) < 4.78 is 0. The van der Waals surface area contributed by atoms with Gasteiger partial charge in [-0.15, -0.1) is 12.4 Å². The van der Waals surface area contributed by atoms with Crippen LogP contribution < -0.4 is 10.6 Å². The molecule has 3 nitrogen and oxygen atoms in total. The molecule has 0 saturated carbocycles. The van der Waals surface area contributed by atoms with Crippen LogP contribution in [0.5, 0.6) is 0 Å². The van der Waals surface area contributed by atoms with Gasteiger partial charge in [0.15, 0.2) is 0 Å². The quantitative estimate of drug-likeness (QED) is 0.890. The molecule has 0 aliphatic heterocycles. The topological polar surface area (TPSA) is 41.1 Å². The van der Waals surface area contributed by atoms with Crippen molar-refractivity contribution in [2.75, 3.05) is 13.6 Å². The van der Waals surface area contributed by atoms with Crippen molar-refractivity contribution < 1.29 is 4.79 Å². The van der Waals surface area contributed by atoms with E-state index in [2.05, 4.69) is 10.6 Å². The Labute approximate surface area is 111 Å². The number of likely N-dealkylation sites (N-methyl/N-ethyl adjacent to an activating group) is 1. The Hall–Kier alpha value is -0.480. The first-order chi connectivity index (χ1) is 7.13. The van der Waals surface area contributed by atoms with Gasteiger partial charge < -0.3 is 10.6 Å². The van der Waals surface area contributed by atoms with Gasteiger partial charge in [-0.25, -0.2) is 0 Å². The molecule has 0 spiro atoms. The summed E-state index contributed by atoms with van der Waals surface area (Å²) in [5, 5.41) is 6.64. The highest BCUT2D eigenvalue weighted by atomic mass is 35.5. The molecule has 0 bridgehead atoms. The molecule has 0 radical (unpaired) electrons. The van der Waals surface area contributed by atoms with Gasteiger partial charge in [-0.2, -0.15) is 0 Å². The van der Waals surface area contributed by atoms with E-state index in [1.807, 2.05) is 0 Å². The molecule has 16 heavy (non-hydrogen) atoms. The minimum absolute atomic E-state index is 0. The van der Waals surface area contributed by atoms with Gasteiger partial charge in [0.05, 0.1) is 6.54 Å². The molecule has 1 amide bonds. The maximum atomic E-state index is 11.2. The maximum absolute atomic E-state index is 11.2. The third-order valence-electron chi connectivity index (χ3n) is 1.83. The van der Waals surface area contributed by atoms with Crippen molar-refractivity contribution >= 4 is 41.5 Å². The van der Waals surface area contributed by atoms with Gasteiger partial charge in [-0.05, 0) is 24.7 Å². The number of nitrogens with one attached hydrogen (secondary N) is 2. The fourth-order valence-electron chi connectivity index (χ4n) is 1.08. The number of rotatable bonds is 4. The molecule has 0 aromatic heterocycles. The zero-order valence-corrected chi connectivity index (χ0v) is 11.0. The number of carbonyl (C=O) groups is 1. The Balaban J connectivity index is 0.00000225. The smallest absolute Gasteiger partial charge is 0.234 e. The van der Waals surface area contributed by atoms with Crippen molar-refractivity contribution in [3.63, 3.8) is 0 Å². The Morgan fingerprint density at radius 3 is 2.62 bits per heavy atom. The van der Waals surface area contributed by atoms with E-state index in [-0.39, 0.29) is 18.3 Å². The molecule has 6 heteroatoms. The second-order valence-corrected chi connectivity index (χ2v) is 3.89. The summed E-state index contributed by atoms with van der Waals surface area (Å²) in [7, 11) is 1.72. The largest absolute Gasteiger partial charge is 0.351 e. The molecule has 0 fully saturated rings. The summed E-state index contributed by atoms with van der Waals surface area (Å²) in [5.74, 6) is -0.0662. The number of amides is 1. The Morgan fingerprint density at radius 2 is 2.06 bits per heavy atom.